The minimum Gasteiger partial charge on any atom is -0.309 e. The van der Waals surface area contributed by atoms with Crippen molar-refractivity contribution in [3.05, 3.63) is 36.2 Å². The van der Waals surface area contributed by atoms with E-state index in [9.17, 15) is 0 Å². The number of aryl methyl sites for hydroxylation is 2. The summed E-state index contributed by atoms with van der Waals surface area (Å²) in [7, 11) is 0. The van der Waals surface area contributed by atoms with E-state index >= 15 is 0 Å². The third kappa shape index (κ3) is 0.791. The first kappa shape index (κ1) is 7.51. The summed E-state index contributed by atoms with van der Waals surface area (Å²) >= 11 is 0. The van der Waals surface area contributed by atoms with Crippen LogP contribution in [0.1, 0.15) is 12.0 Å². The van der Waals surface area contributed by atoms with Crippen molar-refractivity contribution in [3.63, 3.8) is 0 Å². The van der Waals surface area contributed by atoms with Gasteiger partial charge in [-0.3, -0.25) is 4.40 Å². The molecule has 0 fully saturated rings. The molecule has 3 heterocycles. The van der Waals surface area contributed by atoms with Crippen LogP contribution in [0.15, 0.2) is 30.6 Å². The van der Waals surface area contributed by atoms with Gasteiger partial charge in [-0.15, -0.1) is 0 Å². The van der Waals surface area contributed by atoms with E-state index in [1.54, 1.807) is 0 Å². The summed E-state index contributed by atoms with van der Waals surface area (Å²) in [6, 6.07) is 6.56. The number of nitrogens with zero attached hydrogens (tertiary/aromatic N) is 3. The molecule has 0 spiro atoms. The Morgan fingerprint density at radius 1 is 1.27 bits per heavy atom. The number of aromatic nitrogens is 3. The zero-order valence-electron chi connectivity index (χ0n) is 8.35. The number of hydrogen-bond acceptors (Lipinski definition) is 1. The Kier molecular flexibility index (Phi) is 1.21. The molecule has 3 aromatic rings. The Labute approximate surface area is 87.0 Å². The van der Waals surface area contributed by atoms with Gasteiger partial charge in [-0.1, -0.05) is 12.1 Å². The summed E-state index contributed by atoms with van der Waals surface area (Å²) in [6.45, 7) is 1.10. The molecule has 0 aliphatic carbocycles. The molecule has 15 heavy (non-hydrogen) atoms. The summed E-state index contributed by atoms with van der Waals surface area (Å²) in [5.74, 6) is 1.08. The van der Waals surface area contributed by atoms with Crippen LogP contribution in [0.3, 0.4) is 0 Å². The van der Waals surface area contributed by atoms with Gasteiger partial charge in [0.2, 0.25) is 5.78 Å². The molecule has 0 unspecified atom stereocenters. The first-order valence-corrected chi connectivity index (χ1v) is 5.38. The Hall–Kier alpha value is -1.77. The van der Waals surface area contributed by atoms with Gasteiger partial charge in [0, 0.05) is 18.9 Å². The number of hydrogen-bond donors (Lipinski definition) is 0. The molecule has 0 saturated carbocycles. The third-order valence-electron chi connectivity index (χ3n) is 3.32. The topological polar surface area (TPSA) is 22.2 Å². The van der Waals surface area contributed by atoms with Crippen molar-refractivity contribution < 1.29 is 0 Å². The molecule has 4 rings (SSSR count). The second-order valence-electron chi connectivity index (χ2n) is 4.14. The minimum atomic E-state index is 1.08. The molecular formula is C12H11N3. The summed E-state index contributed by atoms with van der Waals surface area (Å²) in [4.78, 5) is 4.43. The van der Waals surface area contributed by atoms with Crippen LogP contribution >= 0.6 is 0 Å². The summed E-state index contributed by atoms with van der Waals surface area (Å²) in [5, 5.41) is 0. The van der Waals surface area contributed by atoms with Crippen LogP contribution in [0.25, 0.3) is 16.8 Å². The van der Waals surface area contributed by atoms with Crippen molar-refractivity contribution in [1.82, 2.24) is 14.0 Å². The highest BCUT2D eigenvalue weighted by molar-refractivity contribution is 5.84. The highest BCUT2D eigenvalue weighted by atomic mass is 15.2. The van der Waals surface area contributed by atoms with Gasteiger partial charge >= 0.3 is 0 Å². The van der Waals surface area contributed by atoms with Crippen molar-refractivity contribution in [3.8, 4) is 0 Å². The quantitative estimate of drug-likeness (QED) is 0.541. The maximum absolute atomic E-state index is 4.43. The van der Waals surface area contributed by atoms with E-state index in [0.29, 0.717) is 0 Å². The van der Waals surface area contributed by atoms with Crippen molar-refractivity contribution in [2.45, 2.75) is 19.4 Å². The minimum absolute atomic E-state index is 1.08. The molecule has 0 radical (unpaired) electrons. The van der Waals surface area contributed by atoms with Gasteiger partial charge in [-0.2, -0.15) is 0 Å². The Morgan fingerprint density at radius 3 is 3.27 bits per heavy atom. The lowest BCUT2D eigenvalue weighted by Crippen LogP contribution is -2.07. The van der Waals surface area contributed by atoms with Gasteiger partial charge in [0.25, 0.3) is 0 Å². The Balaban J connectivity index is 2.37. The van der Waals surface area contributed by atoms with Crippen molar-refractivity contribution in [1.29, 1.82) is 0 Å². The molecule has 1 aliphatic rings. The molecule has 1 aliphatic heterocycles. The second-order valence-corrected chi connectivity index (χ2v) is 4.14. The maximum atomic E-state index is 4.43. The normalized spacial score (nSPS) is 15.2. The monoisotopic (exact) mass is 197 g/mol. The number of fused-ring (bicyclic) bond motifs is 3. The molecule has 0 bridgehead atoms. The van der Waals surface area contributed by atoms with Crippen molar-refractivity contribution in [2.24, 2.45) is 0 Å². The predicted octanol–water partition coefficient (Wildman–Crippen LogP) is 2.24. The highest BCUT2D eigenvalue weighted by Gasteiger charge is 2.17. The summed E-state index contributed by atoms with van der Waals surface area (Å²) in [5.41, 5.74) is 4.14. The van der Waals surface area contributed by atoms with Crippen LogP contribution in [0.5, 0.6) is 0 Å². The largest absolute Gasteiger partial charge is 0.309 e. The molecule has 3 heteroatoms. The SMILES string of the molecule is c1cc2c3c(c1)n1ccnc1n3CCC2. The van der Waals surface area contributed by atoms with E-state index < -0.39 is 0 Å². The average molecular weight is 197 g/mol. The van der Waals surface area contributed by atoms with E-state index in [0.717, 1.165) is 12.3 Å². The first-order chi connectivity index (χ1) is 7.45. The van der Waals surface area contributed by atoms with Crippen molar-refractivity contribution >= 4 is 16.8 Å². The van der Waals surface area contributed by atoms with Gasteiger partial charge < -0.3 is 4.57 Å². The first-order valence-electron chi connectivity index (χ1n) is 5.38. The number of para-hydroxylation sites is 1. The van der Waals surface area contributed by atoms with E-state index in [1.165, 1.54) is 29.4 Å². The second kappa shape index (κ2) is 2.42. The zero-order valence-corrected chi connectivity index (χ0v) is 8.35. The van der Waals surface area contributed by atoms with Crippen LogP contribution in [-0.2, 0) is 13.0 Å². The van der Waals surface area contributed by atoms with E-state index in [1.807, 2.05) is 12.4 Å². The molecule has 0 atom stereocenters. The molecule has 2 aromatic heterocycles. The summed E-state index contributed by atoms with van der Waals surface area (Å²) < 4.78 is 4.53. The number of imidazole rings is 2. The Morgan fingerprint density at radius 2 is 2.27 bits per heavy atom. The molecule has 1 aromatic carbocycles. The fourth-order valence-electron chi connectivity index (χ4n) is 2.71. The van der Waals surface area contributed by atoms with Crippen LogP contribution < -0.4 is 0 Å². The number of benzene rings is 1. The van der Waals surface area contributed by atoms with Gasteiger partial charge in [0.15, 0.2) is 0 Å². The zero-order chi connectivity index (χ0) is 9.83. The predicted molar refractivity (Wildman–Crippen MR) is 59.0 cm³/mol. The number of rotatable bonds is 0. The lowest BCUT2D eigenvalue weighted by molar-refractivity contribution is 0.644. The molecule has 0 saturated heterocycles. The third-order valence-corrected chi connectivity index (χ3v) is 3.32. The van der Waals surface area contributed by atoms with Crippen molar-refractivity contribution in [2.75, 3.05) is 0 Å². The van der Waals surface area contributed by atoms with Crippen LogP contribution in [0.4, 0.5) is 0 Å². The standard InChI is InChI=1S/C12H11N3/c1-3-9-4-2-7-15-11(9)10(5-1)14-8-6-13-12(14)15/h1,3,5-6,8H,2,4,7H2. The lowest BCUT2D eigenvalue weighted by Gasteiger charge is -2.14. The molecule has 74 valence electrons. The van der Waals surface area contributed by atoms with Crippen LogP contribution in [-0.4, -0.2) is 14.0 Å². The van der Waals surface area contributed by atoms with Gasteiger partial charge in [0.1, 0.15) is 0 Å². The van der Waals surface area contributed by atoms with Gasteiger partial charge in [-0.05, 0) is 24.5 Å². The molecular weight excluding hydrogens is 186 g/mol. The van der Waals surface area contributed by atoms with Crippen LogP contribution in [0, 0.1) is 0 Å². The maximum Gasteiger partial charge on any atom is 0.214 e. The molecule has 0 N–H and O–H groups in total. The van der Waals surface area contributed by atoms with Gasteiger partial charge in [-0.25, -0.2) is 4.98 Å². The van der Waals surface area contributed by atoms with E-state index in [2.05, 4.69) is 32.2 Å². The van der Waals surface area contributed by atoms with Gasteiger partial charge in [0.05, 0.1) is 11.0 Å². The smallest absolute Gasteiger partial charge is 0.214 e. The summed E-state index contributed by atoms with van der Waals surface area (Å²) in [6.07, 6.45) is 6.34. The fraction of sp³-hybridized carbons (Fsp3) is 0.250. The van der Waals surface area contributed by atoms with E-state index in [4.69, 9.17) is 0 Å². The highest BCUT2D eigenvalue weighted by Crippen LogP contribution is 2.28. The molecule has 0 amide bonds. The fourth-order valence-corrected chi connectivity index (χ4v) is 2.71. The van der Waals surface area contributed by atoms with E-state index in [-0.39, 0.29) is 0 Å². The Bertz CT molecular complexity index is 660. The average Bonchev–Trinajstić information content (AvgIpc) is 2.84. The lowest BCUT2D eigenvalue weighted by atomic mass is 10.0. The molecule has 3 nitrogen and oxygen atoms in total. The van der Waals surface area contributed by atoms with Crippen LogP contribution in [0.2, 0.25) is 0 Å².